The Labute approximate surface area is 241 Å². The zero-order chi connectivity index (χ0) is 27.5. The molecule has 39 heavy (non-hydrogen) atoms. The van der Waals surface area contributed by atoms with Gasteiger partial charge in [-0.15, -0.1) is 0 Å². The standard InChI is InChI=1S/C21H26ClN3OS.C10H12O2/c22-17-6-7-21-19(16-17)25(18-4-1-2-5-20(18)27-21)9-3-8-23-10-12-24(13-11-23)14-15-26;11-10(12)8-4-7-9-5-2-1-3-6-9/h1-2,4-7,16,26H,3,8-15H2;1-3,5-6H,4,7-8H2,(H,11,12). The van der Waals surface area contributed by atoms with Crippen molar-refractivity contribution in [2.75, 3.05) is 57.3 Å². The van der Waals surface area contributed by atoms with Crippen molar-refractivity contribution in [2.45, 2.75) is 35.5 Å². The van der Waals surface area contributed by atoms with Gasteiger partial charge in [-0.2, -0.15) is 0 Å². The van der Waals surface area contributed by atoms with Crippen LogP contribution >= 0.6 is 23.4 Å². The molecule has 3 aromatic carbocycles. The van der Waals surface area contributed by atoms with Crippen molar-refractivity contribution in [2.24, 2.45) is 0 Å². The number of β-amino-alcohol motifs (C(OH)–C–C–N with tert-alkyl or cyclic N) is 1. The maximum atomic E-state index is 10.2. The molecule has 0 spiro atoms. The number of fused-ring (bicyclic) bond motifs is 2. The summed E-state index contributed by atoms with van der Waals surface area (Å²) in [5.41, 5.74) is 3.71. The number of aliphatic carboxylic acids is 1. The number of nitrogens with zero attached hydrogens (tertiary/aromatic N) is 3. The Kier molecular flexibility index (Phi) is 11.5. The lowest BCUT2D eigenvalue weighted by Crippen LogP contribution is -2.47. The second kappa shape index (κ2) is 15.3. The van der Waals surface area contributed by atoms with Crippen LogP contribution in [0.15, 0.2) is 82.6 Å². The molecular weight excluding hydrogens is 530 g/mol. The van der Waals surface area contributed by atoms with Crippen molar-refractivity contribution < 1.29 is 15.0 Å². The first-order valence-electron chi connectivity index (χ1n) is 13.7. The van der Waals surface area contributed by atoms with E-state index in [1.54, 1.807) is 0 Å². The van der Waals surface area contributed by atoms with Gasteiger partial charge < -0.3 is 20.0 Å². The topological polar surface area (TPSA) is 67.2 Å². The van der Waals surface area contributed by atoms with Crippen LogP contribution in [0.3, 0.4) is 0 Å². The van der Waals surface area contributed by atoms with Crippen LogP contribution < -0.4 is 4.90 Å². The Bertz CT molecular complexity index is 1190. The molecule has 0 saturated carbocycles. The van der Waals surface area contributed by atoms with Crippen molar-refractivity contribution in [3.05, 3.63) is 83.4 Å². The number of para-hydroxylation sites is 1. The number of aliphatic hydroxyl groups is 1. The number of hydrogen-bond acceptors (Lipinski definition) is 6. The first kappa shape index (κ1) is 29.4. The molecule has 6 nitrogen and oxygen atoms in total. The zero-order valence-corrected chi connectivity index (χ0v) is 23.9. The van der Waals surface area contributed by atoms with E-state index in [9.17, 15) is 4.79 Å². The normalized spacial score (nSPS) is 15.2. The Balaban J connectivity index is 0.000000247. The van der Waals surface area contributed by atoms with Crippen LogP contribution in [0, 0.1) is 0 Å². The molecule has 8 heteroatoms. The molecule has 208 valence electrons. The van der Waals surface area contributed by atoms with Crippen LogP contribution in [0.2, 0.25) is 5.02 Å². The molecule has 0 amide bonds. The number of aryl methyl sites for hydroxylation is 1. The average Bonchev–Trinajstić information content (AvgIpc) is 2.95. The van der Waals surface area contributed by atoms with Gasteiger partial charge in [0.05, 0.1) is 18.0 Å². The summed E-state index contributed by atoms with van der Waals surface area (Å²) in [5.74, 6) is -0.717. The van der Waals surface area contributed by atoms with E-state index in [4.69, 9.17) is 21.8 Å². The summed E-state index contributed by atoms with van der Waals surface area (Å²) in [4.78, 5) is 20.1. The zero-order valence-electron chi connectivity index (χ0n) is 22.3. The van der Waals surface area contributed by atoms with Crippen LogP contribution in [0.4, 0.5) is 11.4 Å². The SMILES string of the molecule is O=C(O)CCCc1ccccc1.OCCN1CCN(CCCN2c3ccccc3Sc3ccc(Cl)cc32)CC1. The minimum Gasteiger partial charge on any atom is -0.481 e. The maximum absolute atomic E-state index is 10.2. The summed E-state index contributed by atoms with van der Waals surface area (Å²) in [6.45, 7) is 7.45. The van der Waals surface area contributed by atoms with E-state index in [2.05, 4.69) is 51.1 Å². The molecule has 0 atom stereocenters. The van der Waals surface area contributed by atoms with Crippen LogP contribution in [0.25, 0.3) is 0 Å². The van der Waals surface area contributed by atoms with E-state index < -0.39 is 5.97 Å². The quantitative estimate of drug-likeness (QED) is 0.310. The summed E-state index contributed by atoms with van der Waals surface area (Å²) < 4.78 is 0. The lowest BCUT2D eigenvalue weighted by molar-refractivity contribution is -0.137. The van der Waals surface area contributed by atoms with Gasteiger partial charge in [-0.1, -0.05) is 65.8 Å². The van der Waals surface area contributed by atoms with Crippen molar-refractivity contribution in [1.29, 1.82) is 0 Å². The maximum Gasteiger partial charge on any atom is 0.303 e. The molecule has 0 radical (unpaired) electrons. The number of carboxylic acids is 1. The van der Waals surface area contributed by atoms with Gasteiger partial charge in [0.15, 0.2) is 0 Å². The molecule has 1 fully saturated rings. The minimum absolute atomic E-state index is 0.258. The number of aliphatic hydroxyl groups excluding tert-OH is 1. The van der Waals surface area contributed by atoms with Gasteiger partial charge in [0.25, 0.3) is 0 Å². The summed E-state index contributed by atoms with van der Waals surface area (Å²) in [5, 5.41) is 18.3. The molecule has 2 aliphatic heterocycles. The smallest absolute Gasteiger partial charge is 0.303 e. The van der Waals surface area contributed by atoms with E-state index in [1.165, 1.54) is 26.7 Å². The Morgan fingerprint density at radius 1 is 0.795 bits per heavy atom. The summed E-state index contributed by atoms with van der Waals surface area (Å²) in [6, 6.07) is 24.8. The van der Waals surface area contributed by atoms with Gasteiger partial charge in [-0.25, -0.2) is 0 Å². The van der Waals surface area contributed by atoms with Gasteiger partial charge in [0.1, 0.15) is 0 Å². The van der Waals surface area contributed by atoms with Gasteiger partial charge >= 0.3 is 5.97 Å². The Hall–Kier alpha value is -2.55. The summed E-state index contributed by atoms with van der Waals surface area (Å²) >= 11 is 8.12. The van der Waals surface area contributed by atoms with Gasteiger partial charge in [0.2, 0.25) is 0 Å². The molecule has 5 rings (SSSR count). The van der Waals surface area contributed by atoms with E-state index in [0.29, 0.717) is 0 Å². The molecule has 0 unspecified atom stereocenters. The fourth-order valence-corrected chi connectivity index (χ4v) is 6.20. The highest BCUT2D eigenvalue weighted by Gasteiger charge is 2.23. The van der Waals surface area contributed by atoms with Crippen LogP contribution in [-0.2, 0) is 11.2 Å². The molecule has 2 heterocycles. The van der Waals surface area contributed by atoms with Gasteiger partial charge in [-0.3, -0.25) is 9.69 Å². The van der Waals surface area contributed by atoms with Crippen LogP contribution in [-0.4, -0.2) is 78.4 Å². The predicted octanol–water partition coefficient (Wildman–Crippen LogP) is 6.04. The fourth-order valence-electron chi connectivity index (χ4n) is 4.96. The van der Waals surface area contributed by atoms with E-state index in [-0.39, 0.29) is 13.0 Å². The van der Waals surface area contributed by atoms with Crippen LogP contribution in [0.1, 0.15) is 24.8 Å². The highest BCUT2D eigenvalue weighted by molar-refractivity contribution is 7.99. The van der Waals surface area contributed by atoms with Crippen molar-refractivity contribution in [1.82, 2.24) is 9.80 Å². The number of halogens is 1. The molecule has 0 aromatic heterocycles. The van der Waals surface area contributed by atoms with E-state index >= 15 is 0 Å². The third-order valence-corrected chi connectivity index (χ3v) is 8.39. The largest absolute Gasteiger partial charge is 0.481 e. The first-order chi connectivity index (χ1) is 19.0. The molecule has 3 aromatic rings. The number of carboxylic acid groups (broad SMARTS) is 1. The molecule has 0 bridgehead atoms. The molecule has 2 aliphatic rings. The highest BCUT2D eigenvalue weighted by atomic mass is 35.5. The number of carbonyl (C=O) groups is 1. The van der Waals surface area contributed by atoms with Crippen molar-refractivity contribution >= 4 is 40.7 Å². The van der Waals surface area contributed by atoms with Crippen molar-refractivity contribution in [3.8, 4) is 0 Å². The number of piperazine rings is 1. The third kappa shape index (κ3) is 8.98. The lowest BCUT2D eigenvalue weighted by atomic mass is 10.1. The van der Waals surface area contributed by atoms with Gasteiger partial charge in [-0.05, 0) is 61.7 Å². The predicted molar refractivity (Wildman–Crippen MR) is 161 cm³/mol. The lowest BCUT2D eigenvalue weighted by Gasteiger charge is -2.36. The Morgan fingerprint density at radius 3 is 2.18 bits per heavy atom. The van der Waals surface area contributed by atoms with E-state index in [1.807, 2.05) is 48.2 Å². The van der Waals surface area contributed by atoms with Crippen molar-refractivity contribution in [3.63, 3.8) is 0 Å². The Morgan fingerprint density at radius 2 is 1.46 bits per heavy atom. The molecule has 0 aliphatic carbocycles. The minimum atomic E-state index is -0.717. The van der Waals surface area contributed by atoms with E-state index in [0.717, 1.165) is 70.1 Å². The number of hydrogen-bond donors (Lipinski definition) is 2. The monoisotopic (exact) mass is 567 g/mol. The molecule has 1 saturated heterocycles. The number of anilines is 2. The number of rotatable bonds is 10. The third-order valence-electron chi connectivity index (χ3n) is 7.02. The average molecular weight is 568 g/mol. The molecule has 2 N–H and O–H groups in total. The van der Waals surface area contributed by atoms with Gasteiger partial charge in [0, 0.05) is 60.5 Å². The molecular formula is C31H38ClN3O3S. The summed E-state index contributed by atoms with van der Waals surface area (Å²) in [6.07, 6.45) is 2.95. The second-order valence-corrected chi connectivity index (χ2v) is 11.3. The highest BCUT2D eigenvalue weighted by Crippen LogP contribution is 2.48. The van der Waals surface area contributed by atoms with Crippen LogP contribution in [0.5, 0.6) is 0 Å². The fraction of sp³-hybridized carbons (Fsp3) is 0.387. The number of benzene rings is 3. The first-order valence-corrected chi connectivity index (χ1v) is 14.9. The second-order valence-electron chi connectivity index (χ2n) is 9.83. The summed E-state index contributed by atoms with van der Waals surface area (Å²) in [7, 11) is 0.